The van der Waals surface area contributed by atoms with Gasteiger partial charge in [0.1, 0.15) is 6.10 Å². The molecule has 6 atom stereocenters. The zero-order chi connectivity index (χ0) is 12.8. The summed E-state index contributed by atoms with van der Waals surface area (Å²) in [5.74, 6) is 0. The van der Waals surface area contributed by atoms with Crippen LogP contribution < -0.4 is 0 Å². The molecule has 18 heavy (non-hydrogen) atoms. The topological polar surface area (TPSA) is 82.7 Å². The van der Waals surface area contributed by atoms with E-state index in [0.29, 0.717) is 19.3 Å². The molecule has 0 radical (unpaired) electrons. The number of nitrogens with zero attached hydrogens (tertiary/aromatic N) is 1. The standard InChI is InChI=1S/C13H19NO4/c14-5-1-2-8-3-4-11-13(18-8)6-9(15)12(16)10(7-13)17-11/h8-12,15-16H,1-4,6-7H2/t8?,9-,10?,11?,12-,13+/m1/s1. The van der Waals surface area contributed by atoms with Crippen molar-refractivity contribution in [1.82, 2.24) is 0 Å². The molecule has 2 saturated heterocycles. The van der Waals surface area contributed by atoms with E-state index in [4.69, 9.17) is 14.7 Å². The Hall–Kier alpha value is -0.670. The average molecular weight is 253 g/mol. The predicted molar refractivity (Wildman–Crippen MR) is 61.6 cm³/mol. The van der Waals surface area contributed by atoms with Crippen molar-refractivity contribution in [1.29, 1.82) is 5.26 Å². The molecular formula is C13H19NO4. The van der Waals surface area contributed by atoms with Crippen molar-refractivity contribution in [3.8, 4) is 6.07 Å². The highest BCUT2D eigenvalue weighted by atomic mass is 16.6. The molecule has 0 aromatic heterocycles. The van der Waals surface area contributed by atoms with Crippen LogP contribution in [0.1, 0.15) is 38.5 Å². The van der Waals surface area contributed by atoms with Gasteiger partial charge >= 0.3 is 0 Å². The van der Waals surface area contributed by atoms with Gasteiger partial charge in [-0.1, -0.05) is 0 Å². The minimum atomic E-state index is -0.789. The lowest BCUT2D eigenvalue weighted by Crippen LogP contribution is -2.54. The molecule has 3 rings (SSSR count). The van der Waals surface area contributed by atoms with E-state index in [1.54, 1.807) is 0 Å². The summed E-state index contributed by atoms with van der Waals surface area (Å²) >= 11 is 0. The number of aliphatic hydroxyl groups excluding tert-OH is 2. The summed E-state index contributed by atoms with van der Waals surface area (Å²) in [5, 5.41) is 28.4. The van der Waals surface area contributed by atoms with E-state index < -0.39 is 17.8 Å². The van der Waals surface area contributed by atoms with Crippen molar-refractivity contribution in [3.05, 3.63) is 0 Å². The van der Waals surface area contributed by atoms with Crippen molar-refractivity contribution in [2.24, 2.45) is 0 Å². The van der Waals surface area contributed by atoms with Gasteiger partial charge in [-0.2, -0.15) is 5.26 Å². The zero-order valence-corrected chi connectivity index (χ0v) is 10.3. The number of fused-ring (bicyclic) bond motifs is 1. The van der Waals surface area contributed by atoms with Crippen LogP contribution in [0.2, 0.25) is 0 Å². The van der Waals surface area contributed by atoms with Gasteiger partial charge in [0.2, 0.25) is 0 Å². The Kier molecular flexibility index (Phi) is 3.07. The molecule has 2 bridgehead atoms. The maximum absolute atomic E-state index is 9.89. The van der Waals surface area contributed by atoms with Crippen LogP contribution in [0.25, 0.3) is 0 Å². The molecule has 0 amide bonds. The molecule has 2 heterocycles. The Bertz CT molecular complexity index is 368. The lowest BCUT2D eigenvalue weighted by Gasteiger charge is -2.44. The Balaban J connectivity index is 1.74. The molecule has 5 nitrogen and oxygen atoms in total. The summed E-state index contributed by atoms with van der Waals surface area (Å²) in [4.78, 5) is 0. The van der Waals surface area contributed by atoms with Crippen LogP contribution in [0.3, 0.4) is 0 Å². The van der Waals surface area contributed by atoms with E-state index in [9.17, 15) is 10.2 Å². The zero-order valence-electron chi connectivity index (χ0n) is 10.3. The van der Waals surface area contributed by atoms with E-state index in [1.807, 2.05) is 0 Å². The Morgan fingerprint density at radius 3 is 2.89 bits per heavy atom. The molecule has 0 aromatic rings. The third-order valence-electron chi connectivity index (χ3n) is 4.53. The minimum absolute atomic E-state index is 0.00682. The molecule has 2 aliphatic heterocycles. The fourth-order valence-corrected chi connectivity index (χ4v) is 3.65. The maximum Gasteiger partial charge on any atom is 0.106 e. The summed E-state index contributed by atoms with van der Waals surface area (Å²) < 4.78 is 12.0. The molecule has 3 unspecified atom stereocenters. The first-order chi connectivity index (χ1) is 8.64. The molecule has 1 spiro atoms. The molecule has 0 aromatic carbocycles. The van der Waals surface area contributed by atoms with E-state index in [0.717, 1.165) is 19.3 Å². The van der Waals surface area contributed by atoms with Crippen LogP contribution >= 0.6 is 0 Å². The molecule has 3 aliphatic rings. The predicted octanol–water partition coefficient (Wildman–Crippen LogP) is 0.491. The first kappa shape index (κ1) is 12.4. The maximum atomic E-state index is 9.89. The smallest absolute Gasteiger partial charge is 0.106 e. The normalized spacial score (nSPS) is 50.6. The van der Waals surface area contributed by atoms with Crippen LogP contribution in [0.4, 0.5) is 0 Å². The number of hydrogen-bond donors (Lipinski definition) is 2. The highest BCUT2D eigenvalue weighted by Gasteiger charge is 2.59. The number of hydrogen-bond acceptors (Lipinski definition) is 5. The van der Waals surface area contributed by atoms with Gasteiger partial charge in [0.15, 0.2) is 0 Å². The summed E-state index contributed by atoms with van der Waals surface area (Å²) in [5.41, 5.74) is -0.429. The van der Waals surface area contributed by atoms with Gasteiger partial charge in [0.05, 0.1) is 36.1 Å². The minimum Gasteiger partial charge on any atom is -0.390 e. The second kappa shape index (κ2) is 4.46. The quantitative estimate of drug-likeness (QED) is 0.748. The fourth-order valence-electron chi connectivity index (χ4n) is 3.65. The highest BCUT2D eigenvalue weighted by Crippen LogP contribution is 2.49. The summed E-state index contributed by atoms with van der Waals surface area (Å²) in [6.45, 7) is 0. The van der Waals surface area contributed by atoms with E-state index in [1.165, 1.54) is 0 Å². The van der Waals surface area contributed by atoms with Crippen molar-refractivity contribution in [3.63, 3.8) is 0 Å². The Labute approximate surface area is 106 Å². The number of nitriles is 1. The Morgan fingerprint density at radius 2 is 2.11 bits per heavy atom. The Morgan fingerprint density at radius 1 is 1.28 bits per heavy atom. The molecule has 1 aliphatic carbocycles. The van der Waals surface area contributed by atoms with Crippen LogP contribution in [0.5, 0.6) is 0 Å². The van der Waals surface area contributed by atoms with Crippen molar-refractivity contribution in [2.45, 2.75) is 74.6 Å². The third-order valence-corrected chi connectivity index (χ3v) is 4.53. The summed E-state index contributed by atoms with van der Waals surface area (Å²) in [6, 6.07) is 2.14. The fraction of sp³-hybridized carbons (Fsp3) is 0.923. The van der Waals surface area contributed by atoms with Gasteiger partial charge in [-0.05, 0) is 19.3 Å². The first-order valence-corrected chi connectivity index (χ1v) is 6.71. The van der Waals surface area contributed by atoms with Gasteiger partial charge in [0, 0.05) is 19.3 Å². The van der Waals surface area contributed by atoms with Gasteiger partial charge in [-0.15, -0.1) is 0 Å². The van der Waals surface area contributed by atoms with E-state index in [-0.39, 0.29) is 18.3 Å². The van der Waals surface area contributed by atoms with Gasteiger partial charge in [0.25, 0.3) is 0 Å². The average Bonchev–Trinajstić information content (AvgIpc) is 2.68. The molecule has 5 heteroatoms. The highest BCUT2D eigenvalue weighted by molar-refractivity contribution is 5.09. The number of ether oxygens (including phenoxy) is 2. The largest absolute Gasteiger partial charge is 0.390 e. The second-order valence-electron chi connectivity index (χ2n) is 5.71. The monoisotopic (exact) mass is 253 g/mol. The summed E-state index contributed by atoms with van der Waals surface area (Å²) in [7, 11) is 0. The number of aliphatic hydroxyl groups is 2. The second-order valence-corrected chi connectivity index (χ2v) is 5.71. The molecule has 2 N–H and O–H groups in total. The van der Waals surface area contributed by atoms with Crippen LogP contribution in [-0.2, 0) is 9.47 Å². The van der Waals surface area contributed by atoms with Crippen LogP contribution in [0, 0.1) is 11.3 Å². The lowest BCUT2D eigenvalue weighted by molar-refractivity contribution is -0.178. The third kappa shape index (κ3) is 1.84. The van der Waals surface area contributed by atoms with Gasteiger partial charge in [-0.25, -0.2) is 0 Å². The molecular weight excluding hydrogens is 234 g/mol. The molecule has 3 fully saturated rings. The van der Waals surface area contributed by atoms with Crippen molar-refractivity contribution < 1.29 is 19.7 Å². The van der Waals surface area contributed by atoms with Gasteiger partial charge < -0.3 is 19.7 Å². The summed E-state index contributed by atoms with van der Waals surface area (Å²) in [6.07, 6.45) is 2.38. The van der Waals surface area contributed by atoms with E-state index in [2.05, 4.69) is 6.07 Å². The van der Waals surface area contributed by atoms with Crippen LogP contribution in [-0.4, -0.2) is 46.3 Å². The molecule has 1 saturated carbocycles. The molecule has 100 valence electrons. The van der Waals surface area contributed by atoms with Crippen molar-refractivity contribution >= 4 is 0 Å². The van der Waals surface area contributed by atoms with Crippen molar-refractivity contribution in [2.75, 3.05) is 0 Å². The van der Waals surface area contributed by atoms with E-state index >= 15 is 0 Å². The lowest BCUT2D eigenvalue weighted by atomic mass is 9.76. The first-order valence-electron chi connectivity index (χ1n) is 6.71. The van der Waals surface area contributed by atoms with Gasteiger partial charge in [-0.3, -0.25) is 0 Å². The van der Waals surface area contributed by atoms with Crippen LogP contribution in [0.15, 0.2) is 0 Å². The SMILES string of the molecule is N#CCCC1CCC2OC3C[C@]2(C[C@@H](O)[C@H]3O)O1. The number of rotatable bonds is 2.